The number of carbonyl (C=O) groups excluding carboxylic acids is 1. The average Bonchev–Trinajstić information content (AvgIpc) is 3.47. The van der Waals surface area contributed by atoms with Gasteiger partial charge in [0.15, 0.2) is 5.69 Å². The Hall–Kier alpha value is -1.81. The number of aromatic nitrogens is 2. The third-order valence-corrected chi connectivity index (χ3v) is 12.3. The van der Waals surface area contributed by atoms with Gasteiger partial charge < -0.3 is 5.32 Å². The van der Waals surface area contributed by atoms with Gasteiger partial charge in [0.25, 0.3) is 5.91 Å². The number of nitrogens with one attached hydrogen (secondary N) is 1. The summed E-state index contributed by atoms with van der Waals surface area (Å²) in [6, 6.07) is 8.74. The molecule has 1 N–H and O–H groups in total. The van der Waals surface area contributed by atoms with E-state index in [1.165, 1.54) is 87.4 Å². The van der Waals surface area contributed by atoms with Crippen LogP contribution in [0.4, 0.5) is 0 Å². The Morgan fingerprint density at radius 1 is 1.00 bits per heavy atom. The van der Waals surface area contributed by atoms with Gasteiger partial charge in [-0.3, -0.25) is 9.48 Å². The molecule has 37 heavy (non-hydrogen) atoms. The number of benzene rings is 1. The van der Waals surface area contributed by atoms with E-state index in [2.05, 4.69) is 22.1 Å². The Balaban J connectivity index is 1.17. The molecule has 196 valence electrons. The molecule has 2 aromatic rings. The lowest BCUT2D eigenvalue weighted by molar-refractivity contribution is -0.201. The molecule has 0 saturated heterocycles. The van der Waals surface area contributed by atoms with Crippen LogP contribution in [0.25, 0.3) is 0 Å². The van der Waals surface area contributed by atoms with Crippen LogP contribution in [0.3, 0.4) is 0 Å². The summed E-state index contributed by atoms with van der Waals surface area (Å²) in [7, 11) is 0. The fourth-order valence-electron chi connectivity index (χ4n) is 10.6. The summed E-state index contributed by atoms with van der Waals surface area (Å²) in [6.45, 7) is 0. The molecular formula is C32H40ClN3O. The largest absolute Gasteiger partial charge is 0.345 e. The number of hydrogen-bond donors (Lipinski definition) is 1. The van der Waals surface area contributed by atoms with E-state index in [4.69, 9.17) is 16.7 Å². The number of halogens is 1. The van der Waals surface area contributed by atoms with Gasteiger partial charge >= 0.3 is 0 Å². The van der Waals surface area contributed by atoms with Crippen LogP contribution in [0.2, 0.25) is 5.02 Å². The summed E-state index contributed by atoms with van der Waals surface area (Å²) >= 11 is 6.65. The van der Waals surface area contributed by atoms with Crippen molar-refractivity contribution in [2.75, 3.05) is 0 Å². The van der Waals surface area contributed by atoms with Crippen LogP contribution in [0, 0.1) is 23.2 Å². The Bertz CT molecular complexity index is 1250. The molecule has 5 saturated carbocycles. The van der Waals surface area contributed by atoms with Gasteiger partial charge in [0.05, 0.1) is 6.04 Å². The summed E-state index contributed by atoms with van der Waals surface area (Å²) < 4.78 is 2.36. The summed E-state index contributed by atoms with van der Waals surface area (Å²) in [5.41, 5.74) is 5.13. The molecule has 1 aromatic heterocycles. The van der Waals surface area contributed by atoms with Crippen molar-refractivity contribution in [3.63, 3.8) is 0 Å². The first-order chi connectivity index (χ1) is 18.1. The quantitative estimate of drug-likeness (QED) is 0.420. The Labute approximate surface area is 225 Å². The topological polar surface area (TPSA) is 46.9 Å². The van der Waals surface area contributed by atoms with Crippen molar-refractivity contribution in [3.05, 3.63) is 51.8 Å². The molecule has 5 fully saturated rings. The molecule has 6 aliphatic rings. The van der Waals surface area contributed by atoms with Gasteiger partial charge in [-0.15, -0.1) is 0 Å². The number of amides is 1. The van der Waals surface area contributed by atoms with Crippen molar-refractivity contribution < 1.29 is 4.79 Å². The second-order valence-corrected chi connectivity index (χ2v) is 14.0. The maximum absolute atomic E-state index is 14.2. The molecule has 8 rings (SSSR count). The summed E-state index contributed by atoms with van der Waals surface area (Å²) in [5.74, 6) is 3.10. The highest BCUT2D eigenvalue weighted by Crippen LogP contribution is 2.82. The fourth-order valence-corrected chi connectivity index (χ4v) is 10.8. The Morgan fingerprint density at radius 3 is 2.65 bits per heavy atom. The maximum atomic E-state index is 14.2. The van der Waals surface area contributed by atoms with E-state index >= 15 is 0 Å². The van der Waals surface area contributed by atoms with E-state index in [9.17, 15) is 4.79 Å². The fraction of sp³-hybridized carbons (Fsp3) is 0.688. The lowest BCUT2D eigenvalue weighted by Crippen LogP contribution is -2.76. The Kier molecular flexibility index (Phi) is 5.21. The zero-order valence-corrected chi connectivity index (χ0v) is 22.7. The highest BCUT2D eigenvalue weighted by atomic mass is 35.5. The highest BCUT2D eigenvalue weighted by molar-refractivity contribution is 6.31. The van der Waals surface area contributed by atoms with E-state index in [0.717, 1.165) is 54.2 Å². The number of carbonyl (C=O) groups is 1. The third kappa shape index (κ3) is 3.20. The van der Waals surface area contributed by atoms with Crippen LogP contribution in [-0.4, -0.2) is 21.2 Å². The van der Waals surface area contributed by atoms with E-state index in [0.29, 0.717) is 17.4 Å². The van der Waals surface area contributed by atoms with Gasteiger partial charge in [0.1, 0.15) is 0 Å². The zero-order chi connectivity index (χ0) is 24.8. The van der Waals surface area contributed by atoms with Gasteiger partial charge in [0, 0.05) is 27.7 Å². The van der Waals surface area contributed by atoms with E-state index in [1.54, 1.807) is 0 Å². The third-order valence-electron chi connectivity index (χ3n) is 12.0. The monoisotopic (exact) mass is 517 g/mol. The first-order valence-corrected chi connectivity index (χ1v) is 15.6. The smallest absolute Gasteiger partial charge is 0.272 e. The molecule has 0 aliphatic heterocycles. The lowest BCUT2D eigenvalue weighted by Gasteiger charge is -2.72. The van der Waals surface area contributed by atoms with Gasteiger partial charge in [-0.2, -0.15) is 5.10 Å². The molecule has 2 bridgehead atoms. The molecule has 6 atom stereocenters. The first kappa shape index (κ1) is 23.1. The lowest BCUT2D eigenvalue weighted by atomic mass is 9.35. The summed E-state index contributed by atoms with van der Waals surface area (Å²) in [4.78, 5) is 14.2. The van der Waals surface area contributed by atoms with Crippen LogP contribution in [0.5, 0.6) is 0 Å². The zero-order valence-electron chi connectivity index (χ0n) is 22.0. The van der Waals surface area contributed by atoms with Crippen LogP contribution in [-0.2, 0) is 12.8 Å². The molecular weight excluding hydrogens is 478 g/mol. The van der Waals surface area contributed by atoms with Crippen molar-refractivity contribution in [3.8, 4) is 0 Å². The van der Waals surface area contributed by atoms with E-state index in [-0.39, 0.29) is 11.4 Å². The van der Waals surface area contributed by atoms with Crippen molar-refractivity contribution in [1.82, 2.24) is 15.1 Å². The predicted molar refractivity (Wildman–Crippen MR) is 146 cm³/mol. The summed E-state index contributed by atoms with van der Waals surface area (Å²) in [5, 5.41) is 9.83. The van der Waals surface area contributed by atoms with Gasteiger partial charge in [-0.05, 0) is 105 Å². The van der Waals surface area contributed by atoms with Gasteiger partial charge in [-0.1, -0.05) is 55.5 Å². The van der Waals surface area contributed by atoms with Crippen LogP contribution >= 0.6 is 11.6 Å². The van der Waals surface area contributed by atoms with Crippen LogP contribution in [0.1, 0.15) is 123 Å². The minimum Gasteiger partial charge on any atom is -0.345 e. The normalized spacial score (nSPS) is 37.8. The second-order valence-electron chi connectivity index (χ2n) is 13.6. The maximum Gasteiger partial charge on any atom is 0.272 e. The standard InChI is InChI=1S/C32H40ClN3O/c33-27-13-7-5-8-21(27)15-22-9-4-6-12-26-28(35-36(29(22)26)25-10-2-1-3-11-25)30(37)34-31-17-20-14-23-16-24(19-31)32(23,31)18-20/h5,7-8,13,20,22-25H,1-4,6,9-12,14-19H2,(H,34,37). The second kappa shape index (κ2) is 8.34. The number of fused-ring (bicyclic) bond motifs is 2. The molecule has 1 aromatic carbocycles. The van der Waals surface area contributed by atoms with Gasteiger partial charge in [0.2, 0.25) is 0 Å². The molecule has 1 amide bonds. The minimum atomic E-state index is 0.0732. The SMILES string of the molecule is O=C(NC12CC3CC4CC(C1)C42C3)c1nn(C2CCCCC2)c2c1CCCCC2Cc1ccccc1Cl. The van der Waals surface area contributed by atoms with Crippen molar-refractivity contribution in [2.24, 2.45) is 23.2 Å². The van der Waals surface area contributed by atoms with Crippen molar-refractivity contribution in [2.45, 2.75) is 114 Å². The van der Waals surface area contributed by atoms with E-state index in [1.807, 2.05) is 12.1 Å². The minimum absolute atomic E-state index is 0.0732. The molecule has 6 aliphatic carbocycles. The molecule has 1 heterocycles. The molecule has 1 spiro atoms. The number of hydrogen-bond acceptors (Lipinski definition) is 2. The Morgan fingerprint density at radius 2 is 1.84 bits per heavy atom. The van der Waals surface area contributed by atoms with Crippen LogP contribution in [0.15, 0.2) is 24.3 Å². The average molecular weight is 518 g/mol. The molecule has 4 nitrogen and oxygen atoms in total. The van der Waals surface area contributed by atoms with Crippen molar-refractivity contribution >= 4 is 17.5 Å². The molecule has 0 radical (unpaired) electrons. The highest BCUT2D eigenvalue weighted by Gasteiger charge is 2.81. The van der Waals surface area contributed by atoms with Gasteiger partial charge in [-0.25, -0.2) is 0 Å². The first-order valence-electron chi connectivity index (χ1n) is 15.3. The van der Waals surface area contributed by atoms with E-state index < -0.39 is 0 Å². The van der Waals surface area contributed by atoms with Crippen LogP contribution < -0.4 is 5.32 Å². The summed E-state index contributed by atoms with van der Waals surface area (Å²) in [6.07, 6.45) is 18.3. The molecule has 5 heteroatoms. The predicted octanol–water partition coefficient (Wildman–Crippen LogP) is 7.40. The molecule has 6 unspecified atom stereocenters. The number of nitrogens with zero attached hydrogens (tertiary/aromatic N) is 2. The number of rotatable bonds is 5. The van der Waals surface area contributed by atoms with Crippen molar-refractivity contribution in [1.29, 1.82) is 0 Å².